The molecule has 0 amide bonds. The van der Waals surface area contributed by atoms with Crippen molar-refractivity contribution in [2.24, 2.45) is 5.73 Å². The van der Waals surface area contributed by atoms with E-state index in [-0.39, 0.29) is 5.75 Å². The van der Waals surface area contributed by atoms with E-state index in [2.05, 4.69) is 4.74 Å². The number of alkyl halides is 2. The van der Waals surface area contributed by atoms with E-state index in [1.807, 2.05) is 24.3 Å². The Bertz CT molecular complexity index is 494. The minimum atomic E-state index is -2.79. The highest BCUT2D eigenvalue weighted by Gasteiger charge is 2.04. The lowest BCUT2D eigenvalue weighted by Crippen LogP contribution is -2.01. The van der Waals surface area contributed by atoms with Gasteiger partial charge < -0.3 is 10.5 Å². The Morgan fingerprint density at radius 2 is 1.39 bits per heavy atom. The van der Waals surface area contributed by atoms with E-state index >= 15 is 0 Å². The highest BCUT2D eigenvalue weighted by atomic mass is 19.3. The molecule has 0 fully saturated rings. The van der Waals surface area contributed by atoms with Gasteiger partial charge in [0, 0.05) is 6.54 Å². The number of halogens is 2. The lowest BCUT2D eigenvalue weighted by atomic mass is 10.0. The van der Waals surface area contributed by atoms with Crippen LogP contribution in [0.2, 0.25) is 0 Å². The van der Waals surface area contributed by atoms with Crippen molar-refractivity contribution in [2.75, 3.05) is 0 Å². The molecule has 0 aliphatic rings. The molecule has 2 aromatic rings. The molecule has 0 aliphatic heterocycles. The summed E-state index contributed by atoms with van der Waals surface area (Å²) in [4.78, 5) is 0. The van der Waals surface area contributed by atoms with Crippen molar-refractivity contribution in [2.45, 2.75) is 13.2 Å². The van der Waals surface area contributed by atoms with Crippen molar-refractivity contribution < 1.29 is 13.5 Å². The summed E-state index contributed by atoms with van der Waals surface area (Å²) in [6, 6.07) is 14.3. The van der Waals surface area contributed by atoms with Gasteiger partial charge in [0.2, 0.25) is 0 Å². The normalized spacial score (nSPS) is 10.7. The average Bonchev–Trinajstić information content (AvgIpc) is 2.39. The Balaban J connectivity index is 2.17. The lowest BCUT2D eigenvalue weighted by Gasteiger charge is -2.06. The van der Waals surface area contributed by atoms with Crippen molar-refractivity contribution in [3.8, 4) is 16.9 Å². The van der Waals surface area contributed by atoms with Gasteiger partial charge in [-0.3, -0.25) is 0 Å². The average molecular weight is 249 g/mol. The molecule has 94 valence electrons. The maximum Gasteiger partial charge on any atom is 0.387 e. The first kappa shape index (κ1) is 12.5. The topological polar surface area (TPSA) is 35.2 Å². The van der Waals surface area contributed by atoms with Gasteiger partial charge >= 0.3 is 6.61 Å². The van der Waals surface area contributed by atoms with Crippen LogP contribution in [0.4, 0.5) is 8.78 Å². The van der Waals surface area contributed by atoms with E-state index in [1.54, 1.807) is 12.1 Å². The highest BCUT2D eigenvalue weighted by molar-refractivity contribution is 5.64. The molecule has 0 bridgehead atoms. The molecule has 2 nitrogen and oxygen atoms in total. The second kappa shape index (κ2) is 5.60. The van der Waals surface area contributed by atoms with E-state index in [0.717, 1.165) is 16.7 Å². The molecule has 18 heavy (non-hydrogen) atoms. The molecule has 2 aromatic carbocycles. The Hall–Kier alpha value is -1.94. The third kappa shape index (κ3) is 3.05. The minimum Gasteiger partial charge on any atom is -0.435 e. The van der Waals surface area contributed by atoms with Crippen LogP contribution in [0.15, 0.2) is 48.5 Å². The number of ether oxygens (including phenoxy) is 1. The maximum absolute atomic E-state index is 12.0. The molecule has 0 spiro atoms. The monoisotopic (exact) mass is 249 g/mol. The zero-order chi connectivity index (χ0) is 13.0. The largest absolute Gasteiger partial charge is 0.435 e. The molecule has 0 saturated carbocycles. The predicted molar refractivity (Wildman–Crippen MR) is 66.4 cm³/mol. The highest BCUT2D eigenvalue weighted by Crippen LogP contribution is 2.23. The zero-order valence-corrected chi connectivity index (χ0v) is 9.64. The first-order chi connectivity index (χ1) is 8.69. The molecular weight excluding hydrogens is 236 g/mol. The van der Waals surface area contributed by atoms with Gasteiger partial charge in [0.1, 0.15) is 5.75 Å². The fourth-order valence-electron chi connectivity index (χ4n) is 1.66. The molecule has 2 N–H and O–H groups in total. The zero-order valence-electron chi connectivity index (χ0n) is 9.64. The summed E-state index contributed by atoms with van der Waals surface area (Å²) in [5.74, 6) is 0.160. The number of rotatable bonds is 4. The first-order valence-electron chi connectivity index (χ1n) is 5.53. The van der Waals surface area contributed by atoms with Crippen molar-refractivity contribution in [3.05, 3.63) is 54.1 Å². The van der Waals surface area contributed by atoms with Crippen LogP contribution in [0, 0.1) is 0 Å². The fourth-order valence-corrected chi connectivity index (χ4v) is 1.66. The first-order valence-corrected chi connectivity index (χ1v) is 5.53. The molecule has 0 unspecified atom stereocenters. The Morgan fingerprint density at radius 1 is 0.889 bits per heavy atom. The summed E-state index contributed by atoms with van der Waals surface area (Å²) >= 11 is 0. The number of hydrogen-bond acceptors (Lipinski definition) is 2. The van der Waals surface area contributed by atoms with Crippen LogP contribution in [-0.2, 0) is 6.54 Å². The van der Waals surface area contributed by atoms with E-state index < -0.39 is 6.61 Å². The van der Waals surface area contributed by atoms with Gasteiger partial charge in [0.25, 0.3) is 0 Å². The Morgan fingerprint density at radius 3 is 1.83 bits per heavy atom. The second-order valence-electron chi connectivity index (χ2n) is 3.80. The predicted octanol–water partition coefficient (Wildman–Crippen LogP) is 3.41. The van der Waals surface area contributed by atoms with E-state index in [9.17, 15) is 8.78 Å². The van der Waals surface area contributed by atoms with Crippen LogP contribution < -0.4 is 10.5 Å². The van der Waals surface area contributed by atoms with Crippen LogP contribution in [0.1, 0.15) is 5.56 Å². The van der Waals surface area contributed by atoms with Crippen LogP contribution in [0.3, 0.4) is 0 Å². The third-order valence-corrected chi connectivity index (χ3v) is 2.60. The van der Waals surface area contributed by atoms with Gasteiger partial charge in [0.15, 0.2) is 0 Å². The van der Waals surface area contributed by atoms with E-state index in [4.69, 9.17) is 5.73 Å². The lowest BCUT2D eigenvalue weighted by molar-refractivity contribution is -0.0498. The van der Waals surface area contributed by atoms with Crippen LogP contribution in [0.25, 0.3) is 11.1 Å². The van der Waals surface area contributed by atoms with E-state index in [1.165, 1.54) is 12.1 Å². The molecule has 0 aliphatic carbocycles. The Kier molecular flexibility index (Phi) is 3.89. The molecule has 0 radical (unpaired) electrons. The number of nitrogens with two attached hydrogens (primary N) is 1. The molecule has 0 heterocycles. The molecule has 4 heteroatoms. The molecule has 0 atom stereocenters. The summed E-state index contributed by atoms with van der Waals surface area (Å²) in [6.07, 6.45) is 0. The molecule has 0 aromatic heterocycles. The quantitative estimate of drug-likeness (QED) is 0.901. The third-order valence-electron chi connectivity index (χ3n) is 2.60. The van der Waals surface area contributed by atoms with Crippen LogP contribution in [0.5, 0.6) is 5.75 Å². The van der Waals surface area contributed by atoms with E-state index in [0.29, 0.717) is 6.54 Å². The van der Waals surface area contributed by atoms with Crippen molar-refractivity contribution >= 4 is 0 Å². The van der Waals surface area contributed by atoms with Crippen molar-refractivity contribution in [1.29, 1.82) is 0 Å². The molecule has 2 rings (SSSR count). The van der Waals surface area contributed by atoms with Crippen LogP contribution in [-0.4, -0.2) is 6.61 Å². The standard InChI is InChI=1S/C14H13F2NO/c15-14(16)18-13-7-5-12(6-8-13)11-3-1-10(9-17)2-4-11/h1-8,14H,9,17H2. The number of hydrogen-bond donors (Lipinski definition) is 1. The minimum absolute atomic E-state index is 0.160. The van der Waals surface area contributed by atoms with Gasteiger partial charge in [-0.15, -0.1) is 0 Å². The van der Waals surface area contributed by atoms with Crippen LogP contribution >= 0.6 is 0 Å². The van der Waals surface area contributed by atoms with Gasteiger partial charge in [-0.25, -0.2) is 0 Å². The van der Waals surface area contributed by atoms with Gasteiger partial charge in [0.05, 0.1) is 0 Å². The summed E-state index contributed by atoms with van der Waals surface area (Å²) in [6.45, 7) is -2.29. The van der Waals surface area contributed by atoms with Gasteiger partial charge in [-0.2, -0.15) is 8.78 Å². The summed E-state index contributed by atoms with van der Waals surface area (Å²) in [5.41, 5.74) is 8.52. The summed E-state index contributed by atoms with van der Waals surface area (Å²) < 4.78 is 28.3. The SMILES string of the molecule is NCc1ccc(-c2ccc(OC(F)F)cc2)cc1. The summed E-state index contributed by atoms with van der Waals surface area (Å²) in [5, 5.41) is 0. The smallest absolute Gasteiger partial charge is 0.387 e. The van der Waals surface area contributed by atoms with Crippen molar-refractivity contribution in [1.82, 2.24) is 0 Å². The maximum atomic E-state index is 12.0. The fraction of sp³-hybridized carbons (Fsp3) is 0.143. The summed E-state index contributed by atoms with van der Waals surface area (Å²) in [7, 11) is 0. The van der Waals surface area contributed by atoms with Gasteiger partial charge in [-0.1, -0.05) is 36.4 Å². The molecular formula is C14H13F2NO. The number of benzene rings is 2. The second-order valence-corrected chi connectivity index (χ2v) is 3.80. The molecule has 0 saturated heterocycles. The van der Waals surface area contributed by atoms with Crippen molar-refractivity contribution in [3.63, 3.8) is 0 Å². The Labute approximate surface area is 104 Å². The van der Waals surface area contributed by atoms with Gasteiger partial charge in [-0.05, 0) is 28.8 Å².